The standard InChI is InChI=1S/C17H16N6O2/c1-12(24)19-14-7-5-13(6-8-14)9-17(25)20-15-3-2-4-16(10-15)23-11-18-21-22-23/h2-8,10-11H,9H2,1H3,(H,19,24)(H,20,25). The zero-order valence-electron chi connectivity index (χ0n) is 13.5. The van der Waals surface area contributed by atoms with Crippen molar-refractivity contribution in [1.82, 2.24) is 20.2 Å². The van der Waals surface area contributed by atoms with E-state index < -0.39 is 0 Å². The maximum absolute atomic E-state index is 12.2. The summed E-state index contributed by atoms with van der Waals surface area (Å²) in [6.45, 7) is 1.45. The van der Waals surface area contributed by atoms with E-state index in [2.05, 4.69) is 26.2 Å². The third-order valence-electron chi connectivity index (χ3n) is 3.38. The summed E-state index contributed by atoms with van der Waals surface area (Å²) in [4.78, 5) is 23.2. The smallest absolute Gasteiger partial charge is 0.228 e. The molecule has 0 spiro atoms. The van der Waals surface area contributed by atoms with Crippen molar-refractivity contribution in [1.29, 1.82) is 0 Å². The van der Waals surface area contributed by atoms with Gasteiger partial charge in [-0.3, -0.25) is 9.59 Å². The number of carbonyl (C=O) groups excluding carboxylic acids is 2. The first-order valence-electron chi connectivity index (χ1n) is 7.60. The minimum absolute atomic E-state index is 0.132. The van der Waals surface area contributed by atoms with Gasteiger partial charge in [0.1, 0.15) is 6.33 Å². The quantitative estimate of drug-likeness (QED) is 0.740. The van der Waals surface area contributed by atoms with Crippen LogP contribution in [0, 0.1) is 0 Å². The lowest BCUT2D eigenvalue weighted by Gasteiger charge is -2.08. The molecule has 1 aromatic heterocycles. The van der Waals surface area contributed by atoms with Crippen LogP contribution in [0.4, 0.5) is 11.4 Å². The number of hydrogen-bond donors (Lipinski definition) is 2. The van der Waals surface area contributed by atoms with E-state index in [4.69, 9.17) is 0 Å². The molecule has 0 saturated heterocycles. The molecule has 0 unspecified atom stereocenters. The zero-order chi connectivity index (χ0) is 17.6. The molecule has 0 aliphatic carbocycles. The molecular formula is C17H16N6O2. The van der Waals surface area contributed by atoms with Crippen LogP contribution in [0.25, 0.3) is 5.69 Å². The van der Waals surface area contributed by atoms with E-state index in [1.54, 1.807) is 24.3 Å². The van der Waals surface area contributed by atoms with Gasteiger partial charge in [-0.2, -0.15) is 0 Å². The Morgan fingerprint density at radius 2 is 1.84 bits per heavy atom. The second kappa shape index (κ2) is 7.35. The summed E-state index contributed by atoms with van der Waals surface area (Å²) >= 11 is 0. The molecule has 0 atom stereocenters. The molecule has 8 heteroatoms. The number of benzene rings is 2. The third-order valence-corrected chi connectivity index (χ3v) is 3.38. The molecular weight excluding hydrogens is 320 g/mol. The molecule has 3 rings (SSSR count). The van der Waals surface area contributed by atoms with E-state index in [9.17, 15) is 9.59 Å². The Labute approximate surface area is 143 Å². The average molecular weight is 336 g/mol. The molecule has 2 amide bonds. The number of nitrogens with zero attached hydrogens (tertiary/aromatic N) is 4. The van der Waals surface area contributed by atoms with Gasteiger partial charge in [-0.05, 0) is 46.3 Å². The summed E-state index contributed by atoms with van der Waals surface area (Å²) in [6.07, 6.45) is 1.72. The fraction of sp³-hybridized carbons (Fsp3) is 0.118. The molecule has 0 fully saturated rings. The molecule has 2 aromatic carbocycles. The van der Waals surface area contributed by atoms with Gasteiger partial charge in [0, 0.05) is 18.3 Å². The molecule has 1 heterocycles. The Morgan fingerprint density at radius 3 is 2.52 bits per heavy atom. The van der Waals surface area contributed by atoms with Gasteiger partial charge < -0.3 is 10.6 Å². The van der Waals surface area contributed by atoms with Crippen molar-refractivity contribution < 1.29 is 9.59 Å². The van der Waals surface area contributed by atoms with Gasteiger partial charge in [-0.25, -0.2) is 4.68 Å². The van der Waals surface area contributed by atoms with Crippen LogP contribution in [0.5, 0.6) is 0 Å². The van der Waals surface area contributed by atoms with E-state index in [0.29, 0.717) is 11.4 Å². The van der Waals surface area contributed by atoms with Crippen LogP contribution in [0.15, 0.2) is 54.9 Å². The van der Waals surface area contributed by atoms with Crippen LogP contribution >= 0.6 is 0 Å². The van der Waals surface area contributed by atoms with Crippen molar-refractivity contribution in [2.75, 3.05) is 10.6 Å². The molecule has 2 N–H and O–H groups in total. The normalized spacial score (nSPS) is 10.3. The van der Waals surface area contributed by atoms with Crippen LogP contribution in [-0.4, -0.2) is 32.0 Å². The molecule has 0 bridgehead atoms. The zero-order valence-corrected chi connectivity index (χ0v) is 13.5. The number of amides is 2. The first kappa shape index (κ1) is 16.3. The van der Waals surface area contributed by atoms with Crippen molar-refractivity contribution in [3.8, 4) is 5.69 Å². The minimum Gasteiger partial charge on any atom is -0.326 e. The first-order valence-corrected chi connectivity index (χ1v) is 7.60. The van der Waals surface area contributed by atoms with Gasteiger partial charge in [0.2, 0.25) is 11.8 Å². The van der Waals surface area contributed by atoms with Gasteiger partial charge >= 0.3 is 0 Å². The number of rotatable bonds is 5. The van der Waals surface area contributed by atoms with Gasteiger partial charge in [0.25, 0.3) is 0 Å². The maximum atomic E-state index is 12.2. The fourth-order valence-corrected chi connectivity index (χ4v) is 2.31. The van der Waals surface area contributed by atoms with Crippen LogP contribution in [0.1, 0.15) is 12.5 Å². The van der Waals surface area contributed by atoms with E-state index >= 15 is 0 Å². The molecule has 0 radical (unpaired) electrons. The molecule has 25 heavy (non-hydrogen) atoms. The highest BCUT2D eigenvalue weighted by molar-refractivity contribution is 5.92. The molecule has 0 saturated carbocycles. The number of aromatic nitrogens is 4. The number of hydrogen-bond acceptors (Lipinski definition) is 5. The predicted molar refractivity (Wildman–Crippen MR) is 92.2 cm³/mol. The molecule has 0 aliphatic rings. The Kier molecular flexibility index (Phi) is 4.79. The summed E-state index contributed by atoms with van der Waals surface area (Å²) in [5.41, 5.74) is 2.96. The van der Waals surface area contributed by atoms with Crippen molar-refractivity contribution in [3.05, 3.63) is 60.4 Å². The summed E-state index contributed by atoms with van der Waals surface area (Å²) in [7, 11) is 0. The van der Waals surface area contributed by atoms with E-state index in [1.807, 2.05) is 24.3 Å². The number of nitrogens with one attached hydrogen (secondary N) is 2. The van der Waals surface area contributed by atoms with Gasteiger partial charge in [-0.15, -0.1) is 5.10 Å². The summed E-state index contributed by atoms with van der Waals surface area (Å²) in [5.74, 6) is -0.269. The van der Waals surface area contributed by atoms with Crippen molar-refractivity contribution in [2.24, 2.45) is 0 Å². The third kappa shape index (κ3) is 4.47. The highest BCUT2D eigenvalue weighted by Crippen LogP contribution is 2.15. The van der Waals surface area contributed by atoms with E-state index in [1.165, 1.54) is 17.9 Å². The van der Waals surface area contributed by atoms with Gasteiger partial charge in [-0.1, -0.05) is 18.2 Å². The monoisotopic (exact) mass is 336 g/mol. The lowest BCUT2D eigenvalue weighted by Crippen LogP contribution is -2.14. The van der Waals surface area contributed by atoms with E-state index in [-0.39, 0.29) is 18.2 Å². The first-order chi connectivity index (χ1) is 12.1. The average Bonchev–Trinajstić information content (AvgIpc) is 3.11. The lowest BCUT2D eigenvalue weighted by molar-refractivity contribution is -0.116. The topological polar surface area (TPSA) is 102 Å². The Morgan fingerprint density at radius 1 is 1.04 bits per heavy atom. The number of tetrazole rings is 1. The Bertz CT molecular complexity index is 874. The number of carbonyl (C=O) groups is 2. The molecule has 8 nitrogen and oxygen atoms in total. The van der Waals surface area contributed by atoms with Crippen LogP contribution < -0.4 is 10.6 Å². The Hall–Kier alpha value is -3.55. The molecule has 3 aromatic rings. The number of anilines is 2. The second-order valence-electron chi connectivity index (χ2n) is 5.41. The van der Waals surface area contributed by atoms with Crippen molar-refractivity contribution in [3.63, 3.8) is 0 Å². The molecule has 126 valence electrons. The lowest BCUT2D eigenvalue weighted by atomic mass is 10.1. The van der Waals surface area contributed by atoms with Gasteiger partial charge in [0.15, 0.2) is 0 Å². The van der Waals surface area contributed by atoms with Crippen LogP contribution in [-0.2, 0) is 16.0 Å². The largest absolute Gasteiger partial charge is 0.326 e. The van der Waals surface area contributed by atoms with Gasteiger partial charge in [0.05, 0.1) is 12.1 Å². The van der Waals surface area contributed by atoms with Crippen LogP contribution in [0.2, 0.25) is 0 Å². The fourth-order valence-electron chi connectivity index (χ4n) is 2.31. The van der Waals surface area contributed by atoms with Crippen molar-refractivity contribution >= 4 is 23.2 Å². The highest BCUT2D eigenvalue weighted by atomic mass is 16.2. The summed E-state index contributed by atoms with van der Waals surface area (Å²) in [5, 5.41) is 16.5. The maximum Gasteiger partial charge on any atom is 0.228 e. The highest BCUT2D eigenvalue weighted by Gasteiger charge is 2.06. The van der Waals surface area contributed by atoms with E-state index in [0.717, 1.165) is 11.3 Å². The second-order valence-corrected chi connectivity index (χ2v) is 5.41. The molecule has 0 aliphatic heterocycles. The Balaban J connectivity index is 1.63. The minimum atomic E-state index is -0.138. The summed E-state index contributed by atoms with van der Waals surface area (Å²) in [6, 6.07) is 14.4. The van der Waals surface area contributed by atoms with Crippen LogP contribution in [0.3, 0.4) is 0 Å². The predicted octanol–water partition coefficient (Wildman–Crippen LogP) is 1.80. The summed E-state index contributed by atoms with van der Waals surface area (Å²) < 4.78 is 1.51. The SMILES string of the molecule is CC(=O)Nc1ccc(CC(=O)Nc2cccc(-n3cnnn3)c2)cc1. The van der Waals surface area contributed by atoms with Crippen molar-refractivity contribution in [2.45, 2.75) is 13.3 Å².